The highest BCUT2D eigenvalue weighted by Gasteiger charge is 2.11. The Morgan fingerprint density at radius 3 is 2.55 bits per heavy atom. The molecule has 4 N–H and O–H groups in total. The quantitative estimate of drug-likeness (QED) is 0.591. The number of anilines is 3. The molecule has 0 saturated heterocycles. The lowest BCUT2D eigenvalue weighted by Gasteiger charge is -2.14. The summed E-state index contributed by atoms with van der Waals surface area (Å²) in [5.41, 5.74) is 4.96. The molecule has 6 heteroatoms. The molecular formula is C14H18FN5. The van der Waals surface area contributed by atoms with E-state index in [0.717, 1.165) is 11.1 Å². The van der Waals surface area contributed by atoms with E-state index in [1.54, 1.807) is 6.07 Å². The van der Waals surface area contributed by atoms with Crippen molar-refractivity contribution in [1.29, 1.82) is 0 Å². The largest absolute Gasteiger partial charge is 0.340 e. The van der Waals surface area contributed by atoms with Crippen LogP contribution in [0.4, 0.5) is 21.7 Å². The van der Waals surface area contributed by atoms with Gasteiger partial charge in [0.1, 0.15) is 23.3 Å². The first-order chi connectivity index (χ1) is 9.55. The van der Waals surface area contributed by atoms with Gasteiger partial charge in [-0.3, -0.25) is 0 Å². The Morgan fingerprint density at radius 2 is 1.90 bits per heavy atom. The van der Waals surface area contributed by atoms with E-state index in [0.29, 0.717) is 29.6 Å². The van der Waals surface area contributed by atoms with Crippen LogP contribution < -0.4 is 16.6 Å². The fraction of sp³-hybridized carbons (Fsp3) is 0.286. The Balaban J connectivity index is 2.44. The highest BCUT2D eigenvalue weighted by Crippen LogP contribution is 2.25. The molecule has 0 spiro atoms. The van der Waals surface area contributed by atoms with Crippen molar-refractivity contribution in [3.8, 4) is 0 Å². The predicted molar refractivity (Wildman–Crippen MR) is 78.4 cm³/mol. The van der Waals surface area contributed by atoms with E-state index < -0.39 is 0 Å². The summed E-state index contributed by atoms with van der Waals surface area (Å²) < 4.78 is 13.3. The van der Waals surface area contributed by atoms with Gasteiger partial charge in [-0.05, 0) is 31.5 Å². The van der Waals surface area contributed by atoms with E-state index in [1.165, 1.54) is 12.1 Å². The van der Waals surface area contributed by atoms with Crippen molar-refractivity contribution in [2.75, 3.05) is 10.7 Å². The number of hydrogen-bond donors (Lipinski definition) is 3. The molecule has 106 valence electrons. The summed E-state index contributed by atoms with van der Waals surface area (Å²) in [4.78, 5) is 8.72. The molecule has 2 rings (SSSR count). The highest BCUT2D eigenvalue weighted by molar-refractivity contribution is 5.66. The SMILES string of the molecule is CCc1nc(NN)c(C)c(Nc2cc(F)ccc2C)n1. The predicted octanol–water partition coefficient (Wildman–Crippen LogP) is 2.82. The molecule has 0 fully saturated rings. The van der Waals surface area contributed by atoms with Crippen LogP contribution in [-0.4, -0.2) is 9.97 Å². The topological polar surface area (TPSA) is 75.9 Å². The average molecular weight is 275 g/mol. The number of aromatic nitrogens is 2. The van der Waals surface area contributed by atoms with Crippen molar-refractivity contribution in [1.82, 2.24) is 9.97 Å². The number of benzene rings is 1. The maximum Gasteiger partial charge on any atom is 0.148 e. The van der Waals surface area contributed by atoms with Gasteiger partial charge >= 0.3 is 0 Å². The summed E-state index contributed by atoms with van der Waals surface area (Å²) >= 11 is 0. The molecule has 0 bridgehead atoms. The molecule has 0 amide bonds. The van der Waals surface area contributed by atoms with Gasteiger partial charge in [-0.25, -0.2) is 20.2 Å². The second-order valence-corrected chi connectivity index (χ2v) is 4.54. The van der Waals surface area contributed by atoms with Crippen molar-refractivity contribution < 1.29 is 4.39 Å². The lowest BCUT2D eigenvalue weighted by molar-refractivity contribution is 0.628. The van der Waals surface area contributed by atoms with Crippen molar-refractivity contribution in [2.24, 2.45) is 5.84 Å². The Kier molecular flexibility index (Phi) is 4.14. The van der Waals surface area contributed by atoms with Crippen LogP contribution in [0.15, 0.2) is 18.2 Å². The number of rotatable bonds is 4. The first kappa shape index (κ1) is 14.2. The van der Waals surface area contributed by atoms with Crippen LogP contribution >= 0.6 is 0 Å². The average Bonchev–Trinajstić information content (AvgIpc) is 2.45. The van der Waals surface area contributed by atoms with E-state index in [9.17, 15) is 4.39 Å². The first-order valence-corrected chi connectivity index (χ1v) is 6.42. The summed E-state index contributed by atoms with van der Waals surface area (Å²) in [6.45, 7) is 5.72. The van der Waals surface area contributed by atoms with Gasteiger partial charge in [-0.2, -0.15) is 0 Å². The minimum atomic E-state index is -0.294. The molecule has 0 aliphatic carbocycles. The molecule has 0 aliphatic rings. The second kappa shape index (κ2) is 5.83. The van der Waals surface area contributed by atoms with Crippen LogP contribution in [0.5, 0.6) is 0 Å². The van der Waals surface area contributed by atoms with Crippen molar-refractivity contribution in [2.45, 2.75) is 27.2 Å². The fourth-order valence-corrected chi connectivity index (χ4v) is 1.84. The maximum absolute atomic E-state index is 13.3. The summed E-state index contributed by atoms with van der Waals surface area (Å²) in [5, 5.41) is 3.14. The fourth-order valence-electron chi connectivity index (χ4n) is 1.84. The third-order valence-corrected chi connectivity index (χ3v) is 3.10. The molecule has 5 nitrogen and oxygen atoms in total. The number of nitrogens with one attached hydrogen (secondary N) is 2. The minimum Gasteiger partial charge on any atom is -0.340 e. The zero-order valence-electron chi connectivity index (χ0n) is 11.8. The molecule has 1 heterocycles. The van der Waals surface area contributed by atoms with E-state index in [4.69, 9.17) is 5.84 Å². The Morgan fingerprint density at radius 1 is 1.20 bits per heavy atom. The zero-order chi connectivity index (χ0) is 14.7. The Hall–Kier alpha value is -2.21. The van der Waals surface area contributed by atoms with Gasteiger partial charge in [0.15, 0.2) is 0 Å². The van der Waals surface area contributed by atoms with Gasteiger partial charge in [0, 0.05) is 17.7 Å². The third-order valence-electron chi connectivity index (χ3n) is 3.10. The minimum absolute atomic E-state index is 0.294. The summed E-state index contributed by atoms with van der Waals surface area (Å²) in [6.07, 6.45) is 0.686. The van der Waals surface area contributed by atoms with E-state index in [1.807, 2.05) is 20.8 Å². The van der Waals surface area contributed by atoms with E-state index >= 15 is 0 Å². The maximum atomic E-state index is 13.3. The van der Waals surface area contributed by atoms with Crippen LogP contribution in [0.1, 0.15) is 23.9 Å². The monoisotopic (exact) mass is 275 g/mol. The number of hydrazine groups is 1. The second-order valence-electron chi connectivity index (χ2n) is 4.54. The molecule has 20 heavy (non-hydrogen) atoms. The zero-order valence-corrected chi connectivity index (χ0v) is 11.8. The van der Waals surface area contributed by atoms with Crippen LogP contribution in [0.3, 0.4) is 0 Å². The van der Waals surface area contributed by atoms with Gasteiger partial charge in [0.25, 0.3) is 0 Å². The molecule has 0 saturated carbocycles. The third kappa shape index (κ3) is 2.85. The Bertz CT molecular complexity index is 627. The van der Waals surface area contributed by atoms with Crippen LogP contribution in [0.2, 0.25) is 0 Å². The van der Waals surface area contributed by atoms with Gasteiger partial charge in [0.2, 0.25) is 0 Å². The van der Waals surface area contributed by atoms with Crippen molar-refractivity contribution in [3.63, 3.8) is 0 Å². The molecular weight excluding hydrogens is 257 g/mol. The lowest BCUT2D eigenvalue weighted by atomic mass is 10.2. The number of nitrogen functional groups attached to an aromatic ring is 1. The molecule has 0 unspecified atom stereocenters. The van der Waals surface area contributed by atoms with Gasteiger partial charge in [-0.15, -0.1) is 0 Å². The van der Waals surface area contributed by atoms with Gasteiger partial charge in [-0.1, -0.05) is 13.0 Å². The first-order valence-electron chi connectivity index (χ1n) is 6.42. The summed E-state index contributed by atoms with van der Waals surface area (Å²) in [5.74, 6) is 7.02. The Labute approximate surface area is 117 Å². The number of hydrogen-bond acceptors (Lipinski definition) is 5. The highest BCUT2D eigenvalue weighted by atomic mass is 19.1. The van der Waals surface area contributed by atoms with Crippen molar-refractivity contribution in [3.05, 3.63) is 41.0 Å². The molecule has 2 aromatic rings. The lowest BCUT2D eigenvalue weighted by Crippen LogP contribution is -2.14. The van der Waals surface area contributed by atoms with Crippen LogP contribution in [-0.2, 0) is 6.42 Å². The van der Waals surface area contributed by atoms with Gasteiger partial charge < -0.3 is 10.7 Å². The number of aryl methyl sites for hydroxylation is 2. The summed E-state index contributed by atoms with van der Waals surface area (Å²) in [7, 11) is 0. The van der Waals surface area contributed by atoms with Crippen LogP contribution in [0.25, 0.3) is 0 Å². The molecule has 0 atom stereocenters. The number of nitrogens with zero attached hydrogens (tertiary/aromatic N) is 2. The summed E-state index contributed by atoms with van der Waals surface area (Å²) in [6, 6.07) is 4.59. The van der Waals surface area contributed by atoms with Crippen LogP contribution in [0, 0.1) is 19.7 Å². The molecule has 0 radical (unpaired) electrons. The smallest absolute Gasteiger partial charge is 0.148 e. The molecule has 1 aromatic heterocycles. The standard InChI is InChI=1S/C14H18FN5/c1-4-12-18-13(9(3)14(19-12)20-16)17-11-7-10(15)6-5-8(11)2/h5-7H,4,16H2,1-3H3,(H2,17,18,19,20). The van der Waals surface area contributed by atoms with Gasteiger partial charge in [0.05, 0.1) is 0 Å². The van der Waals surface area contributed by atoms with E-state index in [2.05, 4.69) is 20.7 Å². The number of halogens is 1. The van der Waals surface area contributed by atoms with E-state index in [-0.39, 0.29) is 5.82 Å². The van der Waals surface area contributed by atoms with Crippen molar-refractivity contribution >= 4 is 17.3 Å². The molecule has 0 aliphatic heterocycles. The molecule has 1 aromatic carbocycles. The normalized spacial score (nSPS) is 10.4. The number of nitrogens with two attached hydrogens (primary N) is 1.